The highest BCUT2D eigenvalue weighted by Gasteiger charge is 2.39. The minimum absolute atomic E-state index is 0.0684. The zero-order valence-corrected chi connectivity index (χ0v) is 25.1. The number of rotatable bonds is 12. The van der Waals surface area contributed by atoms with Gasteiger partial charge in [-0.3, -0.25) is 4.79 Å². The number of ketones is 1. The van der Waals surface area contributed by atoms with Crippen molar-refractivity contribution in [3.05, 3.63) is 99.8 Å². The average Bonchev–Trinajstić information content (AvgIpc) is 2.85. The van der Waals surface area contributed by atoms with Gasteiger partial charge in [-0.2, -0.15) is 0 Å². The molecule has 3 aromatic carbocycles. The maximum atomic E-state index is 13.6. The van der Waals surface area contributed by atoms with Crippen LogP contribution in [0.4, 0.5) is 4.39 Å². The molecule has 0 N–H and O–H groups in total. The molecule has 0 aliphatic heterocycles. The lowest BCUT2D eigenvalue weighted by Crippen LogP contribution is -2.41. The van der Waals surface area contributed by atoms with Gasteiger partial charge in [0.05, 0.1) is 11.7 Å². The maximum Gasteiger partial charge on any atom is 0.192 e. The molecule has 3 rings (SSSR count). The number of Topliss-reactive ketones (excluding diaryl/α,β-unsaturated/α-hetero) is 1. The van der Waals surface area contributed by atoms with Gasteiger partial charge in [-0.15, -0.1) is 0 Å². The lowest BCUT2D eigenvalue weighted by molar-refractivity contribution is 0.0971. The van der Waals surface area contributed by atoms with Crippen molar-refractivity contribution in [2.45, 2.75) is 77.3 Å². The number of halogens is 2. The first-order valence-electron chi connectivity index (χ1n) is 12.9. The lowest BCUT2D eigenvalue weighted by Gasteiger charge is -2.39. The van der Waals surface area contributed by atoms with Gasteiger partial charge in [0.25, 0.3) is 0 Å². The van der Waals surface area contributed by atoms with Crippen LogP contribution in [0, 0.1) is 5.82 Å². The zero-order chi connectivity index (χ0) is 27.1. The van der Waals surface area contributed by atoms with Gasteiger partial charge >= 0.3 is 0 Å². The van der Waals surface area contributed by atoms with Crippen LogP contribution in [0.2, 0.25) is 18.1 Å². The minimum Gasteiger partial charge on any atom is -0.488 e. The van der Waals surface area contributed by atoms with Crippen LogP contribution in [0.1, 0.15) is 74.0 Å². The Hall–Kier alpha value is -2.28. The van der Waals surface area contributed by atoms with Crippen molar-refractivity contribution < 1.29 is 18.3 Å². The van der Waals surface area contributed by atoms with Gasteiger partial charge in [0, 0.05) is 10.9 Å². The Morgan fingerprint density at radius 1 is 0.973 bits per heavy atom. The highest BCUT2D eigenvalue weighted by atomic mass is 79.9. The number of hydrogen-bond donors (Lipinski definition) is 0. The van der Waals surface area contributed by atoms with Gasteiger partial charge in [0.15, 0.2) is 14.1 Å². The molecule has 6 heteroatoms. The van der Waals surface area contributed by atoms with E-state index in [1.807, 2.05) is 60.7 Å². The van der Waals surface area contributed by atoms with Gasteiger partial charge in [-0.05, 0) is 72.4 Å². The van der Waals surface area contributed by atoms with Gasteiger partial charge in [-0.25, -0.2) is 4.39 Å². The summed E-state index contributed by atoms with van der Waals surface area (Å²) in [6.45, 7) is 11.5. The van der Waals surface area contributed by atoms with Crippen molar-refractivity contribution in [1.82, 2.24) is 0 Å². The van der Waals surface area contributed by atoms with Crippen LogP contribution in [0.3, 0.4) is 0 Å². The molecular formula is C31H38BrFO3Si. The first kappa shape index (κ1) is 29.3. The van der Waals surface area contributed by atoms with E-state index in [0.29, 0.717) is 24.3 Å². The van der Waals surface area contributed by atoms with Crippen LogP contribution in [0.5, 0.6) is 5.75 Å². The SMILES string of the molecule is CC(C)(C)[Si](C)(C)O[C@@H](CCCCC(=O)c1ccc(Br)cc1OCc1ccccc1)c1ccc(F)cc1. The molecule has 1 atom stereocenters. The van der Waals surface area contributed by atoms with Crippen LogP contribution in [0.25, 0.3) is 0 Å². The summed E-state index contributed by atoms with van der Waals surface area (Å²) in [6.07, 6.45) is 2.67. The van der Waals surface area contributed by atoms with Gasteiger partial charge < -0.3 is 9.16 Å². The second-order valence-corrected chi connectivity index (χ2v) is 16.7. The van der Waals surface area contributed by atoms with E-state index in [2.05, 4.69) is 49.8 Å². The summed E-state index contributed by atoms with van der Waals surface area (Å²) >= 11 is 3.49. The quantitative estimate of drug-likeness (QED) is 0.121. The van der Waals surface area contributed by atoms with E-state index in [1.54, 1.807) is 0 Å². The number of carbonyl (C=O) groups is 1. The predicted molar refractivity (Wildman–Crippen MR) is 155 cm³/mol. The number of hydrogen-bond acceptors (Lipinski definition) is 3. The Kier molecular flexibility index (Phi) is 10.3. The molecule has 0 bridgehead atoms. The molecule has 3 aromatic rings. The third-order valence-electron chi connectivity index (χ3n) is 7.09. The average molecular weight is 586 g/mol. The summed E-state index contributed by atoms with van der Waals surface area (Å²) < 4.78 is 27.2. The summed E-state index contributed by atoms with van der Waals surface area (Å²) in [5.41, 5.74) is 2.64. The molecular weight excluding hydrogens is 547 g/mol. The van der Waals surface area contributed by atoms with Crippen molar-refractivity contribution in [3.63, 3.8) is 0 Å². The fraction of sp³-hybridized carbons (Fsp3) is 0.387. The fourth-order valence-electron chi connectivity index (χ4n) is 3.83. The molecule has 0 saturated heterocycles. The Balaban J connectivity index is 1.63. The van der Waals surface area contributed by atoms with Crippen molar-refractivity contribution in [2.24, 2.45) is 0 Å². The molecule has 3 nitrogen and oxygen atoms in total. The summed E-state index contributed by atoms with van der Waals surface area (Å²) in [5, 5.41) is 0.0684. The molecule has 0 spiro atoms. The Morgan fingerprint density at radius 2 is 1.65 bits per heavy atom. The van der Waals surface area contributed by atoms with E-state index in [1.165, 1.54) is 12.1 Å². The number of benzene rings is 3. The molecule has 0 saturated carbocycles. The van der Waals surface area contributed by atoms with E-state index in [4.69, 9.17) is 9.16 Å². The molecule has 0 fully saturated rings. The van der Waals surface area contributed by atoms with Crippen LogP contribution in [0.15, 0.2) is 77.3 Å². The van der Waals surface area contributed by atoms with E-state index < -0.39 is 8.32 Å². The van der Waals surface area contributed by atoms with Gasteiger partial charge in [0.1, 0.15) is 18.2 Å². The first-order valence-corrected chi connectivity index (χ1v) is 16.6. The topological polar surface area (TPSA) is 35.5 Å². The molecule has 198 valence electrons. The Bertz CT molecular complexity index is 1160. The normalized spacial score (nSPS) is 12.8. The van der Waals surface area contributed by atoms with Gasteiger partial charge in [0.2, 0.25) is 0 Å². The monoisotopic (exact) mass is 584 g/mol. The lowest BCUT2D eigenvalue weighted by atomic mass is 10.00. The molecule has 0 amide bonds. The third kappa shape index (κ3) is 8.62. The Labute approximate surface area is 230 Å². The van der Waals surface area contributed by atoms with E-state index >= 15 is 0 Å². The minimum atomic E-state index is -2.03. The molecule has 37 heavy (non-hydrogen) atoms. The summed E-state index contributed by atoms with van der Waals surface area (Å²) in [4.78, 5) is 13.1. The summed E-state index contributed by atoms with van der Waals surface area (Å²) in [6, 6.07) is 22.1. The molecule has 0 aliphatic rings. The van der Waals surface area contributed by atoms with Crippen molar-refractivity contribution in [1.29, 1.82) is 0 Å². The second kappa shape index (κ2) is 13.0. The van der Waals surface area contributed by atoms with Crippen molar-refractivity contribution in [2.75, 3.05) is 0 Å². The summed E-state index contributed by atoms with van der Waals surface area (Å²) in [7, 11) is -2.03. The van der Waals surface area contributed by atoms with Crippen LogP contribution in [-0.2, 0) is 11.0 Å². The Morgan fingerprint density at radius 3 is 2.30 bits per heavy atom. The van der Waals surface area contributed by atoms with Crippen molar-refractivity contribution in [3.8, 4) is 5.75 Å². The molecule has 0 unspecified atom stereocenters. The van der Waals surface area contributed by atoms with Gasteiger partial charge in [-0.1, -0.05) is 85.6 Å². The predicted octanol–water partition coefficient (Wildman–Crippen LogP) is 9.67. The third-order valence-corrected chi connectivity index (χ3v) is 12.1. The van der Waals surface area contributed by atoms with Crippen molar-refractivity contribution >= 4 is 30.0 Å². The van der Waals surface area contributed by atoms with Crippen LogP contribution < -0.4 is 4.74 Å². The van der Waals surface area contributed by atoms with Crippen LogP contribution >= 0.6 is 15.9 Å². The van der Waals surface area contributed by atoms with E-state index in [-0.39, 0.29) is 22.7 Å². The zero-order valence-electron chi connectivity index (χ0n) is 22.5. The fourth-order valence-corrected chi connectivity index (χ4v) is 5.49. The standard InChI is InChI=1S/C31H38BrFO3Si/c1-31(2,3)37(4,5)36-29(24-15-18-26(33)19-16-24)14-10-9-13-28(34)27-20-17-25(32)21-30(27)35-22-23-11-7-6-8-12-23/h6-8,11-12,15-21,29H,9-10,13-14,22H2,1-5H3/t29-/m0/s1. The number of carbonyl (C=O) groups excluding carboxylic acids is 1. The molecule has 0 radical (unpaired) electrons. The van der Waals surface area contributed by atoms with E-state index in [0.717, 1.165) is 34.9 Å². The van der Waals surface area contributed by atoms with Crippen LogP contribution in [-0.4, -0.2) is 14.1 Å². The molecule has 0 aliphatic carbocycles. The largest absolute Gasteiger partial charge is 0.488 e. The highest BCUT2D eigenvalue weighted by Crippen LogP contribution is 2.41. The number of ether oxygens (including phenoxy) is 1. The van der Waals surface area contributed by atoms with E-state index in [9.17, 15) is 9.18 Å². The second-order valence-electron chi connectivity index (χ2n) is 11.0. The highest BCUT2D eigenvalue weighted by molar-refractivity contribution is 9.10. The molecule has 0 heterocycles. The maximum absolute atomic E-state index is 13.6. The number of unbranched alkanes of at least 4 members (excludes halogenated alkanes) is 1. The first-order chi connectivity index (χ1) is 17.5. The molecule has 0 aromatic heterocycles. The smallest absolute Gasteiger partial charge is 0.192 e. The summed E-state index contributed by atoms with van der Waals surface area (Å²) in [5.74, 6) is 0.410.